The third kappa shape index (κ3) is 3.30. The molecule has 1 saturated heterocycles. The highest BCUT2D eigenvalue weighted by Crippen LogP contribution is 2.31. The fourth-order valence-corrected chi connectivity index (χ4v) is 3.88. The van der Waals surface area contributed by atoms with Crippen molar-refractivity contribution in [2.24, 2.45) is 5.92 Å². The predicted molar refractivity (Wildman–Crippen MR) is 91.6 cm³/mol. The van der Waals surface area contributed by atoms with Crippen LogP contribution in [0.15, 0.2) is 30.9 Å². The molecular formula is C19H23FN4O. The van der Waals surface area contributed by atoms with Crippen molar-refractivity contribution >= 4 is 5.91 Å². The van der Waals surface area contributed by atoms with E-state index >= 15 is 0 Å². The normalized spacial score (nSPS) is 21.2. The van der Waals surface area contributed by atoms with E-state index in [4.69, 9.17) is 0 Å². The number of amides is 1. The van der Waals surface area contributed by atoms with Crippen LogP contribution in [0.25, 0.3) is 0 Å². The Labute approximate surface area is 146 Å². The molecule has 0 N–H and O–H groups in total. The van der Waals surface area contributed by atoms with Crippen molar-refractivity contribution in [2.45, 2.75) is 44.6 Å². The number of carbonyl (C=O) groups is 1. The Morgan fingerprint density at radius 1 is 1.24 bits per heavy atom. The smallest absolute Gasteiger partial charge is 0.256 e. The molecule has 25 heavy (non-hydrogen) atoms. The van der Waals surface area contributed by atoms with Gasteiger partial charge in [0.25, 0.3) is 5.91 Å². The highest BCUT2D eigenvalue weighted by Gasteiger charge is 2.29. The van der Waals surface area contributed by atoms with Gasteiger partial charge in [-0.15, -0.1) is 0 Å². The summed E-state index contributed by atoms with van der Waals surface area (Å²) in [6.07, 6.45) is 12.3. The Balaban J connectivity index is 1.49. The third-order valence-electron chi connectivity index (χ3n) is 5.50. The van der Waals surface area contributed by atoms with Crippen molar-refractivity contribution in [1.82, 2.24) is 19.4 Å². The van der Waals surface area contributed by atoms with E-state index in [1.54, 1.807) is 4.90 Å². The Morgan fingerprint density at radius 2 is 2.12 bits per heavy atom. The van der Waals surface area contributed by atoms with E-state index in [0.717, 1.165) is 37.3 Å². The minimum absolute atomic E-state index is 0.105. The number of halogens is 1. The van der Waals surface area contributed by atoms with Gasteiger partial charge in [-0.25, -0.2) is 9.37 Å². The first-order valence-electron chi connectivity index (χ1n) is 9.12. The molecule has 2 aliphatic rings. The molecule has 0 bridgehead atoms. The van der Waals surface area contributed by atoms with E-state index in [1.165, 1.54) is 31.5 Å². The molecule has 4 rings (SSSR count). The molecule has 1 atom stereocenters. The van der Waals surface area contributed by atoms with Crippen LogP contribution < -0.4 is 0 Å². The predicted octanol–water partition coefficient (Wildman–Crippen LogP) is 3.24. The quantitative estimate of drug-likeness (QED) is 0.857. The summed E-state index contributed by atoms with van der Waals surface area (Å²) in [6.45, 7) is 2.29. The summed E-state index contributed by atoms with van der Waals surface area (Å²) in [5.41, 5.74) is 0.105. The second-order valence-corrected chi connectivity index (χ2v) is 7.18. The maximum atomic E-state index is 13.9. The fourth-order valence-electron chi connectivity index (χ4n) is 3.88. The number of rotatable bonds is 4. The summed E-state index contributed by atoms with van der Waals surface area (Å²) in [4.78, 5) is 22.7. The molecule has 0 aromatic carbocycles. The zero-order valence-corrected chi connectivity index (χ0v) is 14.3. The Bertz CT molecular complexity index is 755. The van der Waals surface area contributed by atoms with E-state index in [-0.39, 0.29) is 17.4 Å². The lowest BCUT2D eigenvalue weighted by Crippen LogP contribution is -2.40. The van der Waals surface area contributed by atoms with E-state index in [1.807, 2.05) is 6.20 Å². The van der Waals surface area contributed by atoms with Crippen LogP contribution in [0.3, 0.4) is 0 Å². The number of likely N-dealkylation sites (tertiary alicyclic amines) is 1. The van der Waals surface area contributed by atoms with Gasteiger partial charge in [0.1, 0.15) is 5.82 Å². The molecule has 132 valence electrons. The minimum atomic E-state index is -0.555. The number of imidazole rings is 1. The van der Waals surface area contributed by atoms with Gasteiger partial charge in [0.15, 0.2) is 5.82 Å². The lowest BCUT2D eigenvalue weighted by molar-refractivity contribution is 0.0697. The summed E-state index contributed by atoms with van der Waals surface area (Å²) in [5.74, 6) is 1.25. The molecule has 2 fully saturated rings. The van der Waals surface area contributed by atoms with Gasteiger partial charge in [0, 0.05) is 44.1 Å². The number of pyridine rings is 1. The van der Waals surface area contributed by atoms with Crippen LogP contribution in [-0.2, 0) is 6.54 Å². The number of hydrogen-bond donors (Lipinski definition) is 0. The molecule has 1 amide bonds. The number of aromatic nitrogens is 3. The Kier molecular flexibility index (Phi) is 4.51. The zero-order valence-electron chi connectivity index (χ0n) is 14.3. The van der Waals surface area contributed by atoms with Gasteiger partial charge in [-0.3, -0.25) is 9.78 Å². The van der Waals surface area contributed by atoms with Crippen LogP contribution in [0, 0.1) is 11.7 Å². The first-order chi connectivity index (χ1) is 12.2. The van der Waals surface area contributed by atoms with E-state index < -0.39 is 5.82 Å². The highest BCUT2D eigenvalue weighted by molar-refractivity contribution is 5.94. The van der Waals surface area contributed by atoms with Crippen LogP contribution in [-0.4, -0.2) is 38.4 Å². The standard InChI is InChI=1S/C19H23FN4O/c20-17-11-21-7-6-16(17)19(25)24-9-2-5-15(13-24)18-22-8-10-23(18)12-14-3-1-4-14/h6-8,10-11,14-15H,1-5,9,12-13H2. The molecule has 2 aromatic heterocycles. The largest absolute Gasteiger partial charge is 0.338 e. The first-order valence-corrected chi connectivity index (χ1v) is 9.12. The second-order valence-electron chi connectivity index (χ2n) is 7.18. The number of piperidine rings is 1. The minimum Gasteiger partial charge on any atom is -0.338 e. The monoisotopic (exact) mass is 342 g/mol. The molecule has 0 spiro atoms. The fraction of sp³-hybridized carbons (Fsp3) is 0.526. The summed E-state index contributed by atoms with van der Waals surface area (Å²) in [5, 5.41) is 0. The maximum absolute atomic E-state index is 13.9. The molecule has 1 unspecified atom stereocenters. The zero-order chi connectivity index (χ0) is 17.2. The molecule has 6 heteroatoms. The van der Waals surface area contributed by atoms with Crippen LogP contribution in [0.4, 0.5) is 4.39 Å². The third-order valence-corrected chi connectivity index (χ3v) is 5.50. The summed E-state index contributed by atoms with van der Waals surface area (Å²) in [6, 6.07) is 1.46. The van der Waals surface area contributed by atoms with E-state index in [0.29, 0.717) is 13.1 Å². The van der Waals surface area contributed by atoms with Crippen molar-refractivity contribution in [1.29, 1.82) is 0 Å². The lowest BCUT2D eigenvalue weighted by atomic mass is 9.85. The van der Waals surface area contributed by atoms with Crippen LogP contribution in [0.2, 0.25) is 0 Å². The molecule has 1 aliphatic carbocycles. The van der Waals surface area contributed by atoms with Crippen molar-refractivity contribution in [3.8, 4) is 0 Å². The SMILES string of the molecule is O=C(c1ccncc1F)N1CCCC(c2nccn2CC2CCC2)C1. The molecule has 3 heterocycles. The molecule has 2 aromatic rings. The lowest BCUT2D eigenvalue weighted by Gasteiger charge is -2.33. The van der Waals surface area contributed by atoms with Crippen molar-refractivity contribution in [2.75, 3.05) is 13.1 Å². The summed E-state index contributed by atoms with van der Waals surface area (Å²) >= 11 is 0. The highest BCUT2D eigenvalue weighted by atomic mass is 19.1. The number of hydrogen-bond acceptors (Lipinski definition) is 3. The van der Waals surface area contributed by atoms with Gasteiger partial charge in [0.2, 0.25) is 0 Å². The van der Waals surface area contributed by atoms with Crippen LogP contribution in [0.5, 0.6) is 0 Å². The Hall–Kier alpha value is -2.24. The van der Waals surface area contributed by atoms with Gasteiger partial charge in [0.05, 0.1) is 11.8 Å². The second kappa shape index (κ2) is 6.94. The van der Waals surface area contributed by atoms with Gasteiger partial charge < -0.3 is 9.47 Å². The number of nitrogens with zero attached hydrogens (tertiary/aromatic N) is 4. The Morgan fingerprint density at radius 3 is 2.88 bits per heavy atom. The molecule has 1 saturated carbocycles. The van der Waals surface area contributed by atoms with E-state index in [9.17, 15) is 9.18 Å². The maximum Gasteiger partial charge on any atom is 0.256 e. The average Bonchev–Trinajstić information content (AvgIpc) is 3.06. The molecule has 5 nitrogen and oxygen atoms in total. The summed E-state index contributed by atoms with van der Waals surface area (Å²) in [7, 11) is 0. The van der Waals surface area contributed by atoms with Crippen molar-refractivity contribution in [3.05, 3.63) is 48.1 Å². The van der Waals surface area contributed by atoms with Crippen molar-refractivity contribution < 1.29 is 9.18 Å². The van der Waals surface area contributed by atoms with Gasteiger partial charge in [-0.2, -0.15) is 0 Å². The molecule has 1 aliphatic heterocycles. The molecule has 0 radical (unpaired) electrons. The van der Waals surface area contributed by atoms with Crippen LogP contribution >= 0.6 is 0 Å². The first kappa shape index (κ1) is 16.2. The van der Waals surface area contributed by atoms with Gasteiger partial charge in [-0.1, -0.05) is 6.42 Å². The topological polar surface area (TPSA) is 51.0 Å². The van der Waals surface area contributed by atoms with Gasteiger partial charge in [-0.05, 0) is 37.7 Å². The summed E-state index contributed by atoms with van der Waals surface area (Å²) < 4.78 is 16.2. The average molecular weight is 342 g/mol. The van der Waals surface area contributed by atoms with Crippen LogP contribution in [0.1, 0.15) is 54.2 Å². The molecular weight excluding hydrogens is 319 g/mol. The van der Waals surface area contributed by atoms with Gasteiger partial charge >= 0.3 is 0 Å². The van der Waals surface area contributed by atoms with E-state index in [2.05, 4.69) is 20.7 Å². The van der Waals surface area contributed by atoms with Crippen molar-refractivity contribution in [3.63, 3.8) is 0 Å². The number of carbonyl (C=O) groups excluding carboxylic acids is 1.